The first-order valence-corrected chi connectivity index (χ1v) is 34.1. The molecule has 0 atom stereocenters. The third kappa shape index (κ3) is 9.90. The van der Waals surface area contributed by atoms with Gasteiger partial charge >= 0.3 is 0 Å². The van der Waals surface area contributed by atoms with Gasteiger partial charge in [0.2, 0.25) is 0 Å². The monoisotopic (exact) mass is 1270 g/mol. The molecule has 0 aliphatic carbocycles. The minimum atomic E-state index is -0.528. The second-order valence-electron chi connectivity index (χ2n) is 28.5. The molecule has 2 aliphatic heterocycles. The number of nitriles is 1. The predicted molar refractivity (Wildman–Crippen MR) is 418 cm³/mol. The van der Waals surface area contributed by atoms with E-state index in [9.17, 15) is 8.00 Å². The van der Waals surface area contributed by atoms with Crippen LogP contribution in [0, 0.1) is 11.3 Å². The van der Waals surface area contributed by atoms with Crippen LogP contribution >= 0.6 is 0 Å². The van der Waals surface area contributed by atoms with Gasteiger partial charge in [-0.15, -0.1) is 0 Å². The molecule has 0 spiro atoms. The lowest BCUT2D eigenvalue weighted by molar-refractivity contribution is 0.569. The van der Waals surface area contributed by atoms with Crippen molar-refractivity contribution in [1.82, 2.24) is 9.13 Å². The molecule has 16 aromatic rings. The predicted octanol–water partition coefficient (Wildman–Crippen LogP) is 22.8. The molecule has 0 radical (unpaired) electrons. The van der Waals surface area contributed by atoms with E-state index in [0.29, 0.717) is 11.1 Å². The molecule has 99 heavy (non-hydrogen) atoms. The molecule has 0 saturated carbocycles. The molecule has 18 rings (SSSR count). The number of benzene rings is 14. The maximum Gasteiger partial charge on any atom is 0.252 e. The molecule has 5 nitrogen and oxygen atoms in total. The van der Waals surface area contributed by atoms with Crippen LogP contribution in [0.3, 0.4) is 0 Å². The average molecular weight is 1270 g/mol. The van der Waals surface area contributed by atoms with E-state index >= 15 is 0 Å². The van der Waals surface area contributed by atoms with Crippen LogP contribution in [0.5, 0.6) is 0 Å². The summed E-state index contributed by atoms with van der Waals surface area (Å²) in [6, 6.07) is 103. The first-order valence-electron chi connectivity index (χ1n) is 36.6. The molecule has 0 amide bonds. The number of hydrogen-bond acceptors (Lipinski definition) is 3. The van der Waals surface area contributed by atoms with Crippen molar-refractivity contribution in [3.63, 3.8) is 0 Å². The molecule has 0 unspecified atom stereocenters. The van der Waals surface area contributed by atoms with Crippen molar-refractivity contribution >= 4 is 101 Å². The molecular weight excluding hydrogens is 1200 g/mol. The lowest BCUT2D eigenvalue weighted by Gasteiger charge is -2.45. The summed E-state index contributed by atoms with van der Waals surface area (Å²) in [5, 5.41) is 15.9. The van der Waals surface area contributed by atoms with Gasteiger partial charge in [-0.1, -0.05) is 272 Å². The van der Waals surface area contributed by atoms with Crippen molar-refractivity contribution in [3.8, 4) is 73.1 Å². The molecule has 0 N–H and O–H groups in total. The van der Waals surface area contributed by atoms with Gasteiger partial charge in [-0.05, 0) is 179 Å². The fourth-order valence-corrected chi connectivity index (χ4v) is 15.6. The Hall–Kier alpha value is -12.2. The second kappa shape index (κ2) is 23.0. The van der Waals surface area contributed by atoms with Gasteiger partial charge in [0.25, 0.3) is 6.71 Å². The Morgan fingerprint density at radius 2 is 0.788 bits per heavy atom. The zero-order chi connectivity index (χ0) is 71.2. The number of anilines is 6. The summed E-state index contributed by atoms with van der Waals surface area (Å²) >= 11 is 0. The number of fused-ring (bicyclic) bond motifs is 10. The van der Waals surface area contributed by atoms with Gasteiger partial charge in [0.1, 0.15) is 6.07 Å². The maximum atomic E-state index is 11.5. The molecule has 4 heterocycles. The summed E-state index contributed by atoms with van der Waals surface area (Å²) in [5.74, 6) is 0. The molecule has 0 fully saturated rings. The normalized spacial score (nSPS) is 13.4. The Balaban J connectivity index is 1.02. The van der Waals surface area contributed by atoms with Crippen LogP contribution in [0.1, 0.15) is 65.1 Å². The SMILES string of the molecule is [2H]c1c([2H])c([2H])c(-c2ccc3c(c2)B2c4ccc(-c5cc(C(C)(C)C)cc(C(C)(C)C)c5)cc4N(c4ccc(C#N)c(-n5c6ccccc6c6ccccc65)c4)c4cc(-n5c6ccccc6c6ccc(-c7ccccc7)cc65)cc(c42)N3c2cc(-c3ccccc3)cc(-c3ccccc3)c2)c([2H])c1[2H]. The van der Waals surface area contributed by atoms with Crippen molar-refractivity contribution in [2.24, 2.45) is 0 Å². The maximum absolute atomic E-state index is 11.5. The van der Waals surface area contributed by atoms with E-state index in [4.69, 9.17) is 4.11 Å². The Labute approximate surface area is 586 Å². The highest BCUT2D eigenvalue weighted by molar-refractivity contribution is 7.00. The highest BCUT2D eigenvalue weighted by Crippen LogP contribution is 2.50. The Kier molecular flexibility index (Phi) is 12.6. The summed E-state index contributed by atoms with van der Waals surface area (Å²) in [6.07, 6.45) is 0. The third-order valence-corrected chi connectivity index (χ3v) is 20.5. The van der Waals surface area contributed by atoms with Gasteiger partial charge in [-0.3, -0.25) is 0 Å². The minimum Gasteiger partial charge on any atom is -0.311 e. The van der Waals surface area contributed by atoms with E-state index < -0.39 is 24.8 Å². The largest absolute Gasteiger partial charge is 0.311 e. The first kappa shape index (κ1) is 54.0. The van der Waals surface area contributed by atoms with Crippen molar-refractivity contribution in [1.29, 1.82) is 5.26 Å². The van der Waals surface area contributed by atoms with Crippen molar-refractivity contribution in [2.45, 2.75) is 52.4 Å². The van der Waals surface area contributed by atoms with E-state index in [1.54, 1.807) is 0 Å². The van der Waals surface area contributed by atoms with Gasteiger partial charge in [-0.2, -0.15) is 5.26 Å². The Morgan fingerprint density at radius 1 is 0.313 bits per heavy atom. The summed E-state index contributed by atoms with van der Waals surface area (Å²) in [5.41, 5.74) is 25.5. The van der Waals surface area contributed by atoms with Crippen LogP contribution in [0.4, 0.5) is 34.1 Å². The molecule has 2 aliphatic rings. The van der Waals surface area contributed by atoms with Crippen LogP contribution in [0.25, 0.3) is 111 Å². The number of hydrogen-bond donors (Lipinski definition) is 0. The number of aromatic nitrogens is 2. The van der Waals surface area contributed by atoms with Crippen molar-refractivity contribution in [2.75, 3.05) is 9.80 Å². The lowest BCUT2D eigenvalue weighted by atomic mass is 9.33. The van der Waals surface area contributed by atoms with Crippen LogP contribution in [0.2, 0.25) is 0 Å². The van der Waals surface area contributed by atoms with Gasteiger partial charge < -0.3 is 18.9 Å². The van der Waals surface area contributed by atoms with E-state index in [-0.39, 0.29) is 28.5 Å². The molecule has 470 valence electrons. The minimum absolute atomic E-state index is 0.127. The van der Waals surface area contributed by atoms with Crippen LogP contribution < -0.4 is 26.2 Å². The summed E-state index contributed by atoms with van der Waals surface area (Å²) in [4.78, 5) is 4.85. The van der Waals surface area contributed by atoms with Gasteiger partial charge in [0.05, 0.1) is 45.9 Å². The first-order chi connectivity index (χ1) is 50.4. The zero-order valence-corrected chi connectivity index (χ0v) is 55.9. The van der Waals surface area contributed by atoms with Crippen molar-refractivity contribution < 1.29 is 6.85 Å². The second-order valence-corrected chi connectivity index (χ2v) is 28.5. The van der Waals surface area contributed by atoms with E-state index in [0.717, 1.165) is 150 Å². The fraction of sp³-hybridized carbons (Fsp3) is 0.0860. The highest BCUT2D eigenvalue weighted by Gasteiger charge is 2.45. The number of nitrogens with zero attached hydrogens (tertiary/aromatic N) is 5. The molecular formula is C93H70BN5. The Morgan fingerprint density at radius 3 is 1.36 bits per heavy atom. The fourth-order valence-electron chi connectivity index (χ4n) is 15.6. The number of rotatable bonds is 9. The van der Waals surface area contributed by atoms with E-state index in [1.807, 2.05) is 24.3 Å². The lowest BCUT2D eigenvalue weighted by Crippen LogP contribution is -2.61. The molecule has 0 saturated heterocycles. The topological polar surface area (TPSA) is 40.1 Å². The molecule has 2 aromatic heterocycles. The quantitative estimate of drug-likeness (QED) is 0.135. The highest BCUT2D eigenvalue weighted by atomic mass is 15.2. The molecule has 0 bridgehead atoms. The zero-order valence-electron chi connectivity index (χ0n) is 60.9. The van der Waals surface area contributed by atoms with E-state index in [2.05, 4.69) is 327 Å². The molecule has 6 heteroatoms. The average Bonchev–Trinajstić information content (AvgIpc) is 0.993. The van der Waals surface area contributed by atoms with Gasteiger partial charge in [0.15, 0.2) is 0 Å². The van der Waals surface area contributed by atoms with Crippen LogP contribution in [0.15, 0.2) is 315 Å². The van der Waals surface area contributed by atoms with E-state index in [1.165, 1.54) is 11.1 Å². The van der Waals surface area contributed by atoms with Crippen LogP contribution in [-0.4, -0.2) is 15.8 Å². The molecule has 14 aromatic carbocycles. The van der Waals surface area contributed by atoms with Crippen molar-refractivity contribution in [3.05, 3.63) is 332 Å². The van der Waals surface area contributed by atoms with Gasteiger partial charge in [0, 0.05) is 55.7 Å². The smallest absolute Gasteiger partial charge is 0.252 e. The number of para-hydroxylation sites is 3. The summed E-state index contributed by atoms with van der Waals surface area (Å²) < 4.78 is 50.7. The standard InChI is InChI=1S/C93H70BN5/c1-92(2,3)71-48-70(49-72(55-71)93(4,5)6)66-41-45-80-88(54-66)96(73-43-39-67(59-95)86(56-73)99-83-37-23-20-33-76(83)77-34-21-24-38-84(77)99)89-57-75(97-82-36-22-19-35-78(82)79-44-40-65(53-87(79)97)61-27-13-8-14-28-61)58-90-91(89)94(80)81-52-64(60-25-11-7-12-26-60)42-46-85(81)98(90)74-50-68(62-29-15-9-16-30-62)47-69(51-74)63-31-17-10-18-32-63/h7-58H,1-6H3/i7D,11D,12D,25D,26D. The summed E-state index contributed by atoms with van der Waals surface area (Å²) in [6.45, 7) is 13.1. The van der Waals surface area contributed by atoms with Crippen LogP contribution in [-0.2, 0) is 10.8 Å². The Bertz CT molecular complexity index is 6120. The van der Waals surface area contributed by atoms with Gasteiger partial charge in [-0.25, -0.2) is 0 Å². The summed E-state index contributed by atoms with van der Waals surface area (Å²) in [7, 11) is 0. The third-order valence-electron chi connectivity index (χ3n) is 20.5.